The van der Waals surface area contributed by atoms with Gasteiger partial charge in [-0.05, 0) is 51.4 Å². The maximum absolute atomic E-state index is 10.4. The van der Waals surface area contributed by atoms with Gasteiger partial charge in [-0.25, -0.2) is 9.78 Å². The Balaban J connectivity index is 1.71. The Bertz CT molecular complexity index is 450. The van der Waals surface area contributed by atoms with Gasteiger partial charge in [-0.2, -0.15) is 0 Å². The van der Waals surface area contributed by atoms with Gasteiger partial charge in [0.2, 0.25) is 0 Å². The number of carboxylic acid groups (broad SMARTS) is 1. The fourth-order valence-electron chi connectivity index (χ4n) is 4.06. The lowest BCUT2D eigenvalue weighted by molar-refractivity contribution is -0.337. The van der Waals surface area contributed by atoms with E-state index >= 15 is 0 Å². The summed E-state index contributed by atoms with van der Waals surface area (Å²) >= 11 is 0. The summed E-state index contributed by atoms with van der Waals surface area (Å²) in [6, 6.07) is 0. The van der Waals surface area contributed by atoms with Crippen LogP contribution in [0.15, 0.2) is 12.2 Å². The number of aliphatic carboxylic acids is 1. The smallest absolute Gasteiger partial charge is 0.102 e. The molecule has 6 atom stereocenters. The molecule has 0 aromatic heterocycles. The molecule has 1 unspecified atom stereocenters. The van der Waals surface area contributed by atoms with Crippen molar-refractivity contribution >= 4 is 5.97 Å². The van der Waals surface area contributed by atoms with Gasteiger partial charge in [0.05, 0.1) is 18.3 Å². The van der Waals surface area contributed by atoms with Crippen molar-refractivity contribution < 1.29 is 29.9 Å². The van der Waals surface area contributed by atoms with E-state index in [0.29, 0.717) is 25.2 Å². The Kier molecular flexibility index (Phi) is 9.05. The third kappa shape index (κ3) is 6.99. The molecule has 26 heavy (non-hydrogen) atoms. The van der Waals surface area contributed by atoms with Crippen LogP contribution in [-0.2, 0) is 14.6 Å². The van der Waals surface area contributed by atoms with Gasteiger partial charge >= 0.3 is 0 Å². The zero-order chi connectivity index (χ0) is 18.9. The Hall–Kier alpha value is -0.950. The first-order valence-corrected chi connectivity index (χ1v) is 10.0. The minimum Gasteiger partial charge on any atom is -0.550 e. The fraction of sp³-hybridized carbons (Fsp3) is 0.850. The predicted octanol–water partition coefficient (Wildman–Crippen LogP) is 1.88. The van der Waals surface area contributed by atoms with Crippen molar-refractivity contribution in [3.8, 4) is 0 Å². The standard InChI is InChI=1S/C20H34O6/c1-14(21)7-6-8-15(22)11-12-17-16(18-13-19(17)26-25-18)9-4-2-3-5-10-20(23)24/h11-12,14-19,21-22H,2-10,13H2,1H3,(H,23,24)/p-1/b12-11+/t14?,15-,16+,17+,18-,19+/m0/s1. The van der Waals surface area contributed by atoms with Crippen LogP contribution in [0.25, 0.3) is 0 Å². The van der Waals surface area contributed by atoms with Crippen LogP contribution in [0.4, 0.5) is 0 Å². The monoisotopic (exact) mass is 369 g/mol. The van der Waals surface area contributed by atoms with E-state index in [1.54, 1.807) is 6.92 Å². The van der Waals surface area contributed by atoms with E-state index in [1.165, 1.54) is 0 Å². The molecule has 2 N–H and O–H groups in total. The van der Waals surface area contributed by atoms with E-state index in [2.05, 4.69) is 6.08 Å². The quantitative estimate of drug-likeness (QED) is 0.292. The molecule has 6 nitrogen and oxygen atoms in total. The average Bonchev–Trinajstić information content (AvgIpc) is 3.17. The number of carboxylic acids is 1. The normalized spacial score (nSPS) is 30.1. The molecule has 0 radical (unpaired) electrons. The third-order valence-electron chi connectivity index (χ3n) is 5.51. The molecule has 2 fully saturated rings. The van der Waals surface area contributed by atoms with E-state index in [1.807, 2.05) is 6.08 Å². The minimum atomic E-state index is -0.971. The lowest BCUT2D eigenvalue weighted by atomic mass is 9.87. The number of hydrogen-bond acceptors (Lipinski definition) is 6. The number of unbranched alkanes of at least 4 members (excludes halogenated alkanes) is 3. The van der Waals surface area contributed by atoms with Gasteiger partial charge in [-0.1, -0.05) is 31.4 Å². The van der Waals surface area contributed by atoms with Crippen LogP contribution in [0.2, 0.25) is 0 Å². The van der Waals surface area contributed by atoms with Gasteiger partial charge in [0, 0.05) is 18.3 Å². The van der Waals surface area contributed by atoms with Crippen LogP contribution in [0.1, 0.15) is 71.1 Å². The highest BCUT2D eigenvalue weighted by molar-refractivity contribution is 5.64. The second kappa shape index (κ2) is 11.0. The summed E-state index contributed by atoms with van der Waals surface area (Å²) in [6.45, 7) is 1.76. The molecular weight excluding hydrogens is 336 g/mol. The van der Waals surface area contributed by atoms with Gasteiger partial charge in [-0.3, -0.25) is 0 Å². The number of carbonyl (C=O) groups excluding carboxylic acids is 1. The number of carbonyl (C=O) groups is 1. The molecule has 0 aromatic carbocycles. The van der Waals surface area contributed by atoms with E-state index in [4.69, 9.17) is 9.78 Å². The first-order valence-electron chi connectivity index (χ1n) is 10.0. The van der Waals surface area contributed by atoms with Crippen LogP contribution >= 0.6 is 0 Å². The van der Waals surface area contributed by atoms with Gasteiger partial charge in [0.15, 0.2) is 0 Å². The summed E-state index contributed by atoms with van der Waals surface area (Å²) in [4.78, 5) is 21.2. The molecule has 6 heteroatoms. The molecule has 2 rings (SSSR count). The van der Waals surface area contributed by atoms with Crippen molar-refractivity contribution in [2.45, 2.75) is 95.5 Å². The van der Waals surface area contributed by atoms with Crippen molar-refractivity contribution in [2.75, 3.05) is 0 Å². The van der Waals surface area contributed by atoms with Crippen LogP contribution in [0.5, 0.6) is 0 Å². The van der Waals surface area contributed by atoms with Gasteiger partial charge in [-0.15, -0.1) is 0 Å². The van der Waals surface area contributed by atoms with E-state index in [0.717, 1.165) is 38.5 Å². The van der Waals surface area contributed by atoms with Crippen molar-refractivity contribution in [3.63, 3.8) is 0 Å². The largest absolute Gasteiger partial charge is 0.550 e. The lowest BCUT2D eigenvalue weighted by Gasteiger charge is -2.28. The van der Waals surface area contributed by atoms with Crippen molar-refractivity contribution in [1.82, 2.24) is 0 Å². The van der Waals surface area contributed by atoms with Crippen molar-refractivity contribution in [2.24, 2.45) is 11.8 Å². The number of hydrogen-bond donors (Lipinski definition) is 2. The summed E-state index contributed by atoms with van der Waals surface area (Å²) in [6.07, 6.45) is 11.2. The van der Waals surface area contributed by atoms with E-state index < -0.39 is 12.1 Å². The summed E-state index contributed by atoms with van der Waals surface area (Å²) < 4.78 is 0. The van der Waals surface area contributed by atoms with E-state index in [9.17, 15) is 20.1 Å². The van der Waals surface area contributed by atoms with Crippen LogP contribution in [0, 0.1) is 11.8 Å². The topological polar surface area (TPSA) is 99.1 Å². The van der Waals surface area contributed by atoms with Gasteiger partial charge in [0.25, 0.3) is 0 Å². The minimum absolute atomic E-state index is 0.0731. The van der Waals surface area contributed by atoms with Gasteiger partial charge in [0.1, 0.15) is 6.10 Å². The molecule has 0 amide bonds. The summed E-state index contributed by atoms with van der Waals surface area (Å²) in [5, 5.41) is 29.8. The third-order valence-corrected chi connectivity index (χ3v) is 5.51. The number of rotatable bonds is 13. The fourth-order valence-corrected chi connectivity index (χ4v) is 4.06. The lowest BCUT2D eigenvalue weighted by Crippen LogP contribution is -2.29. The zero-order valence-corrected chi connectivity index (χ0v) is 15.7. The van der Waals surface area contributed by atoms with Crippen LogP contribution < -0.4 is 5.11 Å². The highest BCUT2D eigenvalue weighted by Crippen LogP contribution is 2.45. The maximum Gasteiger partial charge on any atom is 0.102 e. The van der Waals surface area contributed by atoms with Crippen LogP contribution in [-0.4, -0.2) is 40.6 Å². The molecule has 2 aliphatic rings. The number of aliphatic hydroxyl groups excluding tert-OH is 2. The van der Waals surface area contributed by atoms with Crippen molar-refractivity contribution in [3.05, 3.63) is 12.2 Å². The molecule has 0 spiro atoms. The second-order valence-corrected chi connectivity index (χ2v) is 7.80. The SMILES string of the molecule is CC(O)CCC[C@H](O)/C=C/[C@@H]1[C@@H](CCCCCCC(=O)[O-])[C@@H]2C[C@H]1OO2. The molecule has 1 heterocycles. The molecule has 1 aliphatic heterocycles. The Morgan fingerprint density at radius 1 is 1.12 bits per heavy atom. The Morgan fingerprint density at radius 3 is 2.58 bits per heavy atom. The molecular formula is C20H33O6-. The molecule has 150 valence electrons. The molecule has 0 aromatic rings. The Labute approximate surface area is 156 Å². The first kappa shape index (κ1) is 21.4. The summed E-state index contributed by atoms with van der Waals surface area (Å²) in [5.74, 6) is -0.306. The number of aliphatic hydroxyl groups is 2. The molecule has 2 bridgehead atoms. The van der Waals surface area contributed by atoms with E-state index in [-0.39, 0.29) is 30.7 Å². The first-order chi connectivity index (χ1) is 12.5. The highest BCUT2D eigenvalue weighted by Gasteiger charge is 2.49. The zero-order valence-electron chi connectivity index (χ0n) is 15.7. The highest BCUT2D eigenvalue weighted by atomic mass is 17.2. The van der Waals surface area contributed by atoms with Crippen LogP contribution in [0.3, 0.4) is 0 Å². The maximum atomic E-state index is 10.4. The average molecular weight is 369 g/mol. The van der Waals surface area contributed by atoms with Gasteiger partial charge < -0.3 is 20.1 Å². The summed E-state index contributed by atoms with van der Waals surface area (Å²) in [7, 11) is 0. The Morgan fingerprint density at radius 2 is 1.85 bits per heavy atom. The molecule has 1 aliphatic carbocycles. The van der Waals surface area contributed by atoms with Crippen molar-refractivity contribution in [1.29, 1.82) is 0 Å². The molecule has 1 saturated carbocycles. The molecule has 1 saturated heterocycles. The number of fused-ring (bicyclic) bond motifs is 2. The second-order valence-electron chi connectivity index (χ2n) is 7.80. The summed E-state index contributed by atoms with van der Waals surface area (Å²) in [5.41, 5.74) is 0. The predicted molar refractivity (Wildman–Crippen MR) is 94.7 cm³/mol.